The first-order chi connectivity index (χ1) is 7.72. The lowest BCUT2D eigenvalue weighted by Gasteiger charge is -2.08. The first-order valence-corrected chi connectivity index (χ1v) is 5.36. The SMILES string of the molecule is Cc1cccc(C#N)c1-c1cccc(Cl)c1. The number of hydrogen-bond acceptors (Lipinski definition) is 1. The Bertz CT molecular complexity index is 567. The van der Waals surface area contributed by atoms with Gasteiger partial charge in [-0.25, -0.2) is 0 Å². The van der Waals surface area contributed by atoms with Gasteiger partial charge in [0.1, 0.15) is 0 Å². The molecule has 0 aliphatic heterocycles. The molecule has 0 saturated carbocycles. The molecule has 2 aromatic rings. The summed E-state index contributed by atoms with van der Waals surface area (Å²) >= 11 is 5.96. The zero-order valence-electron chi connectivity index (χ0n) is 8.87. The lowest BCUT2D eigenvalue weighted by atomic mass is 9.96. The van der Waals surface area contributed by atoms with Crippen LogP contribution in [0.3, 0.4) is 0 Å². The van der Waals surface area contributed by atoms with Gasteiger partial charge in [0, 0.05) is 10.6 Å². The molecule has 2 heteroatoms. The fourth-order valence-electron chi connectivity index (χ4n) is 1.79. The van der Waals surface area contributed by atoms with E-state index in [-0.39, 0.29) is 0 Å². The largest absolute Gasteiger partial charge is 0.192 e. The topological polar surface area (TPSA) is 23.8 Å². The van der Waals surface area contributed by atoms with Crippen LogP contribution in [-0.2, 0) is 0 Å². The average molecular weight is 228 g/mol. The minimum atomic E-state index is 0.683. The molecule has 0 spiro atoms. The van der Waals surface area contributed by atoms with Gasteiger partial charge >= 0.3 is 0 Å². The van der Waals surface area contributed by atoms with Gasteiger partial charge in [-0.05, 0) is 36.2 Å². The van der Waals surface area contributed by atoms with Gasteiger partial charge in [-0.2, -0.15) is 5.26 Å². The Labute approximate surface area is 99.9 Å². The summed E-state index contributed by atoms with van der Waals surface area (Å²) in [5, 5.41) is 9.78. The molecule has 0 aliphatic rings. The number of hydrogen-bond donors (Lipinski definition) is 0. The van der Waals surface area contributed by atoms with Crippen molar-refractivity contribution in [2.45, 2.75) is 6.92 Å². The first kappa shape index (κ1) is 10.7. The second-order valence-corrected chi connectivity index (χ2v) is 4.06. The molecule has 0 amide bonds. The van der Waals surface area contributed by atoms with Gasteiger partial charge in [0.05, 0.1) is 11.6 Å². The lowest BCUT2D eigenvalue weighted by molar-refractivity contribution is 1.41. The molecule has 0 heterocycles. The van der Waals surface area contributed by atoms with Gasteiger partial charge in [-0.1, -0.05) is 35.9 Å². The van der Waals surface area contributed by atoms with Crippen molar-refractivity contribution in [2.24, 2.45) is 0 Å². The number of aryl methyl sites for hydroxylation is 1. The molecule has 16 heavy (non-hydrogen) atoms. The summed E-state index contributed by atoms with van der Waals surface area (Å²) in [6.07, 6.45) is 0. The van der Waals surface area contributed by atoms with Crippen LogP contribution in [-0.4, -0.2) is 0 Å². The normalized spacial score (nSPS) is 9.81. The van der Waals surface area contributed by atoms with Crippen LogP contribution in [0.4, 0.5) is 0 Å². The number of nitriles is 1. The molecule has 0 fully saturated rings. The molecule has 0 radical (unpaired) electrons. The van der Waals surface area contributed by atoms with Crippen LogP contribution in [0, 0.1) is 18.3 Å². The van der Waals surface area contributed by atoms with Crippen LogP contribution >= 0.6 is 11.6 Å². The van der Waals surface area contributed by atoms with Gasteiger partial charge in [-0.15, -0.1) is 0 Å². The van der Waals surface area contributed by atoms with Gasteiger partial charge in [0.25, 0.3) is 0 Å². The molecule has 2 rings (SSSR count). The minimum Gasteiger partial charge on any atom is -0.192 e. The predicted molar refractivity (Wildman–Crippen MR) is 66.3 cm³/mol. The molecule has 2 aromatic carbocycles. The third-order valence-corrected chi connectivity index (χ3v) is 2.74. The number of rotatable bonds is 1. The van der Waals surface area contributed by atoms with Crippen LogP contribution in [0.2, 0.25) is 5.02 Å². The minimum absolute atomic E-state index is 0.683. The van der Waals surface area contributed by atoms with Gasteiger partial charge < -0.3 is 0 Å². The van der Waals surface area contributed by atoms with E-state index in [9.17, 15) is 0 Å². The smallest absolute Gasteiger partial charge is 0.0998 e. The molecule has 0 aromatic heterocycles. The fourth-order valence-corrected chi connectivity index (χ4v) is 1.98. The molecular formula is C14H10ClN. The van der Waals surface area contributed by atoms with Crippen LogP contribution in [0.15, 0.2) is 42.5 Å². The third kappa shape index (κ3) is 1.93. The second-order valence-electron chi connectivity index (χ2n) is 3.62. The Hall–Kier alpha value is -1.78. The van der Waals surface area contributed by atoms with Crippen LogP contribution in [0.1, 0.15) is 11.1 Å². The fraction of sp³-hybridized carbons (Fsp3) is 0.0714. The highest BCUT2D eigenvalue weighted by Gasteiger charge is 2.07. The van der Waals surface area contributed by atoms with E-state index in [0.717, 1.165) is 16.7 Å². The highest BCUT2D eigenvalue weighted by atomic mass is 35.5. The van der Waals surface area contributed by atoms with E-state index in [0.29, 0.717) is 10.6 Å². The number of nitrogens with zero attached hydrogens (tertiary/aromatic N) is 1. The van der Waals surface area contributed by atoms with Gasteiger partial charge in [0.2, 0.25) is 0 Å². The summed E-state index contributed by atoms with van der Waals surface area (Å²) in [7, 11) is 0. The van der Waals surface area contributed by atoms with E-state index in [1.165, 1.54) is 0 Å². The van der Waals surface area contributed by atoms with Crippen molar-refractivity contribution in [3.63, 3.8) is 0 Å². The molecule has 78 valence electrons. The zero-order chi connectivity index (χ0) is 11.5. The first-order valence-electron chi connectivity index (χ1n) is 4.98. The Balaban J connectivity index is 2.69. The van der Waals surface area contributed by atoms with Gasteiger partial charge in [-0.3, -0.25) is 0 Å². The van der Waals surface area contributed by atoms with Crippen molar-refractivity contribution in [1.82, 2.24) is 0 Å². The molecule has 0 atom stereocenters. The summed E-state index contributed by atoms with van der Waals surface area (Å²) in [4.78, 5) is 0. The van der Waals surface area contributed by atoms with E-state index < -0.39 is 0 Å². The summed E-state index contributed by atoms with van der Waals surface area (Å²) in [6, 6.07) is 15.5. The Morgan fingerprint density at radius 3 is 2.56 bits per heavy atom. The second kappa shape index (κ2) is 4.38. The highest BCUT2D eigenvalue weighted by molar-refractivity contribution is 6.30. The number of halogens is 1. The predicted octanol–water partition coefficient (Wildman–Crippen LogP) is 4.19. The molecule has 0 unspecified atom stereocenters. The molecule has 0 saturated heterocycles. The van der Waals surface area contributed by atoms with E-state index in [1.54, 1.807) is 0 Å². The summed E-state index contributed by atoms with van der Waals surface area (Å²) in [5.41, 5.74) is 3.72. The van der Waals surface area contributed by atoms with E-state index in [1.807, 2.05) is 49.4 Å². The monoisotopic (exact) mass is 227 g/mol. The Morgan fingerprint density at radius 1 is 1.12 bits per heavy atom. The maximum Gasteiger partial charge on any atom is 0.0998 e. The maximum absolute atomic E-state index is 9.09. The van der Waals surface area contributed by atoms with Crippen molar-refractivity contribution >= 4 is 11.6 Å². The number of benzene rings is 2. The van der Waals surface area contributed by atoms with E-state index in [4.69, 9.17) is 16.9 Å². The molecule has 1 nitrogen and oxygen atoms in total. The van der Waals surface area contributed by atoms with Gasteiger partial charge in [0.15, 0.2) is 0 Å². The third-order valence-electron chi connectivity index (χ3n) is 2.51. The maximum atomic E-state index is 9.09. The molecular weight excluding hydrogens is 218 g/mol. The molecule has 0 aliphatic carbocycles. The van der Waals surface area contributed by atoms with Crippen molar-refractivity contribution in [2.75, 3.05) is 0 Å². The van der Waals surface area contributed by atoms with Crippen LogP contribution in [0.25, 0.3) is 11.1 Å². The summed E-state index contributed by atoms with van der Waals surface area (Å²) in [6.45, 7) is 2.00. The van der Waals surface area contributed by atoms with Crippen LogP contribution in [0.5, 0.6) is 0 Å². The summed E-state index contributed by atoms with van der Waals surface area (Å²) in [5.74, 6) is 0. The molecule has 0 N–H and O–H groups in total. The van der Waals surface area contributed by atoms with Crippen molar-refractivity contribution in [1.29, 1.82) is 5.26 Å². The Kier molecular flexibility index (Phi) is 2.94. The standard InChI is InChI=1S/C14H10ClN/c1-10-4-2-6-12(9-16)14(10)11-5-3-7-13(15)8-11/h2-8H,1H3. The van der Waals surface area contributed by atoms with E-state index in [2.05, 4.69) is 6.07 Å². The highest BCUT2D eigenvalue weighted by Crippen LogP contribution is 2.28. The van der Waals surface area contributed by atoms with E-state index >= 15 is 0 Å². The van der Waals surface area contributed by atoms with Crippen LogP contribution < -0.4 is 0 Å². The Morgan fingerprint density at radius 2 is 1.88 bits per heavy atom. The summed E-state index contributed by atoms with van der Waals surface area (Å²) < 4.78 is 0. The zero-order valence-corrected chi connectivity index (χ0v) is 9.62. The lowest BCUT2D eigenvalue weighted by Crippen LogP contribution is -1.88. The van der Waals surface area contributed by atoms with Crippen molar-refractivity contribution in [3.05, 3.63) is 58.6 Å². The quantitative estimate of drug-likeness (QED) is 0.717. The molecule has 0 bridgehead atoms. The van der Waals surface area contributed by atoms with Crippen molar-refractivity contribution < 1.29 is 0 Å². The average Bonchev–Trinajstić information content (AvgIpc) is 2.28. The van der Waals surface area contributed by atoms with Crippen molar-refractivity contribution in [3.8, 4) is 17.2 Å².